The summed E-state index contributed by atoms with van der Waals surface area (Å²) in [4.78, 5) is 11.2. The average Bonchev–Trinajstić information content (AvgIpc) is 2.49. The van der Waals surface area contributed by atoms with E-state index in [2.05, 4.69) is 4.74 Å². The van der Waals surface area contributed by atoms with Crippen molar-refractivity contribution in [2.75, 3.05) is 13.7 Å². The van der Waals surface area contributed by atoms with Crippen LogP contribution in [0.1, 0.15) is 6.92 Å². The highest BCUT2D eigenvalue weighted by molar-refractivity contribution is 6.35. The third kappa shape index (κ3) is 3.11. The van der Waals surface area contributed by atoms with Gasteiger partial charge in [-0.1, -0.05) is 35.9 Å². The Balaban J connectivity index is 2.19. The molecule has 0 fully saturated rings. The van der Waals surface area contributed by atoms with Crippen molar-refractivity contribution in [1.82, 2.24) is 0 Å². The molecule has 3 nitrogen and oxygen atoms in total. The zero-order chi connectivity index (χ0) is 14.5. The van der Waals surface area contributed by atoms with Gasteiger partial charge in [-0.25, -0.2) is 4.79 Å². The number of ether oxygens (including phenoxy) is 2. The molecule has 104 valence electrons. The highest BCUT2D eigenvalue weighted by Crippen LogP contribution is 2.31. The zero-order valence-electron chi connectivity index (χ0n) is 11.4. The third-order valence-electron chi connectivity index (χ3n) is 2.97. The summed E-state index contributed by atoms with van der Waals surface area (Å²) in [5.74, 6) is 0.383. The number of methoxy groups -OCH3 is 1. The number of esters is 1. The third-order valence-corrected chi connectivity index (χ3v) is 3.30. The van der Waals surface area contributed by atoms with E-state index in [1.54, 1.807) is 19.1 Å². The molecule has 4 heteroatoms. The van der Waals surface area contributed by atoms with Gasteiger partial charge in [0.25, 0.3) is 0 Å². The van der Waals surface area contributed by atoms with Crippen LogP contribution in [0, 0.1) is 0 Å². The van der Waals surface area contributed by atoms with Gasteiger partial charge in [0, 0.05) is 21.4 Å². The van der Waals surface area contributed by atoms with Gasteiger partial charge >= 0.3 is 5.97 Å². The fourth-order valence-electron chi connectivity index (χ4n) is 1.86. The molecule has 0 spiro atoms. The number of halogens is 1. The summed E-state index contributed by atoms with van der Waals surface area (Å²) < 4.78 is 10.3. The van der Waals surface area contributed by atoms with Crippen LogP contribution >= 0.6 is 11.6 Å². The van der Waals surface area contributed by atoms with Gasteiger partial charge in [0.1, 0.15) is 12.4 Å². The van der Waals surface area contributed by atoms with Crippen LogP contribution in [-0.4, -0.2) is 19.7 Å². The van der Waals surface area contributed by atoms with Crippen LogP contribution in [0.3, 0.4) is 0 Å². The Kier molecular flexibility index (Phi) is 4.64. The lowest BCUT2D eigenvalue weighted by Crippen LogP contribution is -2.04. The van der Waals surface area contributed by atoms with Gasteiger partial charge in [0.05, 0.1) is 7.11 Å². The summed E-state index contributed by atoms with van der Waals surface area (Å²) in [6, 6.07) is 11.4. The molecule has 0 aromatic heterocycles. The summed E-state index contributed by atoms with van der Waals surface area (Å²) >= 11 is 6.15. The molecule has 0 unspecified atom stereocenters. The van der Waals surface area contributed by atoms with E-state index in [1.807, 2.05) is 30.3 Å². The molecule has 0 aliphatic rings. The summed E-state index contributed by atoms with van der Waals surface area (Å²) in [7, 11) is 1.35. The first kappa shape index (κ1) is 14.4. The average molecular weight is 291 g/mol. The van der Waals surface area contributed by atoms with Crippen LogP contribution in [0.5, 0.6) is 5.75 Å². The smallest absolute Gasteiger partial charge is 0.333 e. The largest absolute Gasteiger partial charge is 0.489 e. The minimum absolute atomic E-state index is 0.298. The van der Waals surface area contributed by atoms with Gasteiger partial charge in [-0.05, 0) is 25.1 Å². The molecule has 0 bridgehead atoms. The van der Waals surface area contributed by atoms with Crippen molar-refractivity contribution in [1.29, 1.82) is 0 Å². The van der Waals surface area contributed by atoms with Crippen molar-refractivity contribution in [3.63, 3.8) is 0 Å². The topological polar surface area (TPSA) is 35.5 Å². The molecule has 0 saturated carbocycles. The minimum Gasteiger partial charge on any atom is -0.489 e. The highest BCUT2D eigenvalue weighted by Gasteiger charge is 2.06. The second-order valence-electron chi connectivity index (χ2n) is 4.28. The fourth-order valence-corrected chi connectivity index (χ4v) is 2.09. The van der Waals surface area contributed by atoms with E-state index in [-0.39, 0.29) is 5.97 Å². The van der Waals surface area contributed by atoms with Crippen LogP contribution in [-0.2, 0) is 9.53 Å². The van der Waals surface area contributed by atoms with E-state index in [9.17, 15) is 4.79 Å². The standard InChI is InChI=1S/C16H15ClO3/c1-11(16(18)19-2)9-10-20-15-8-7-14(17)12-5-3-4-6-13(12)15/h3-9H,10H2,1-2H3. The highest BCUT2D eigenvalue weighted by atomic mass is 35.5. The molecule has 2 aromatic carbocycles. The lowest BCUT2D eigenvalue weighted by atomic mass is 10.1. The van der Waals surface area contributed by atoms with E-state index in [1.165, 1.54) is 7.11 Å². The van der Waals surface area contributed by atoms with Gasteiger partial charge in [-0.3, -0.25) is 0 Å². The molecule has 20 heavy (non-hydrogen) atoms. The van der Waals surface area contributed by atoms with Crippen LogP contribution in [0.15, 0.2) is 48.0 Å². The molecule has 0 N–H and O–H groups in total. The number of carbonyl (C=O) groups excluding carboxylic acids is 1. The maximum atomic E-state index is 11.2. The summed E-state index contributed by atoms with van der Waals surface area (Å²) in [5, 5.41) is 2.58. The van der Waals surface area contributed by atoms with E-state index >= 15 is 0 Å². The predicted molar refractivity (Wildman–Crippen MR) is 80.2 cm³/mol. The van der Waals surface area contributed by atoms with Crippen molar-refractivity contribution in [2.45, 2.75) is 6.92 Å². The molecule has 0 aliphatic carbocycles. The molecule has 0 aliphatic heterocycles. The van der Waals surface area contributed by atoms with E-state index < -0.39 is 0 Å². The Morgan fingerprint density at radius 2 is 1.90 bits per heavy atom. The Bertz CT molecular complexity index is 662. The number of hydrogen-bond donors (Lipinski definition) is 0. The summed E-state index contributed by atoms with van der Waals surface area (Å²) in [6.07, 6.45) is 1.69. The number of carbonyl (C=O) groups is 1. The molecule has 0 atom stereocenters. The van der Waals surface area contributed by atoms with Crippen molar-refractivity contribution < 1.29 is 14.3 Å². The maximum Gasteiger partial charge on any atom is 0.333 e. The Labute approximate surface area is 122 Å². The van der Waals surface area contributed by atoms with Gasteiger partial charge < -0.3 is 9.47 Å². The van der Waals surface area contributed by atoms with Crippen LogP contribution < -0.4 is 4.74 Å². The van der Waals surface area contributed by atoms with E-state index in [0.29, 0.717) is 17.2 Å². The quantitative estimate of drug-likeness (QED) is 0.631. The number of fused-ring (bicyclic) bond motifs is 1. The number of rotatable bonds is 4. The van der Waals surface area contributed by atoms with Crippen molar-refractivity contribution in [2.24, 2.45) is 0 Å². The predicted octanol–water partition coefficient (Wildman–Crippen LogP) is 3.99. The van der Waals surface area contributed by atoms with Crippen LogP contribution in [0.2, 0.25) is 5.02 Å². The Hall–Kier alpha value is -2.00. The lowest BCUT2D eigenvalue weighted by molar-refractivity contribution is -0.136. The van der Waals surface area contributed by atoms with Gasteiger partial charge in [-0.2, -0.15) is 0 Å². The SMILES string of the molecule is COC(=O)C(C)=CCOc1ccc(Cl)c2ccccc12. The van der Waals surface area contributed by atoms with Gasteiger partial charge in [0.15, 0.2) is 0 Å². The second kappa shape index (κ2) is 6.44. The lowest BCUT2D eigenvalue weighted by Gasteiger charge is -2.09. The molecule has 0 radical (unpaired) electrons. The second-order valence-corrected chi connectivity index (χ2v) is 4.69. The molecular weight excluding hydrogens is 276 g/mol. The first-order valence-corrected chi connectivity index (χ1v) is 6.56. The summed E-state index contributed by atoms with van der Waals surface area (Å²) in [5.41, 5.74) is 0.519. The number of benzene rings is 2. The molecule has 2 aromatic rings. The molecular formula is C16H15ClO3. The van der Waals surface area contributed by atoms with Crippen molar-refractivity contribution >= 4 is 28.3 Å². The van der Waals surface area contributed by atoms with Gasteiger partial charge in [0.2, 0.25) is 0 Å². The first-order valence-electron chi connectivity index (χ1n) is 6.18. The van der Waals surface area contributed by atoms with E-state index in [4.69, 9.17) is 16.3 Å². The van der Waals surface area contributed by atoms with Crippen LogP contribution in [0.4, 0.5) is 0 Å². The molecule has 0 amide bonds. The molecule has 0 saturated heterocycles. The summed E-state index contributed by atoms with van der Waals surface area (Å²) in [6.45, 7) is 1.99. The Morgan fingerprint density at radius 3 is 2.60 bits per heavy atom. The zero-order valence-corrected chi connectivity index (χ0v) is 12.1. The number of hydrogen-bond acceptors (Lipinski definition) is 3. The molecule has 0 heterocycles. The fraction of sp³-hybridized carbons (Fsp3) is 0.188. The van der Waals surface area contributed by atoms with Crippen LogP contribution in [0.25, 0.3) is 10.8 Å². The minimum atomic E-state index is -0.352. The normalized spacial score (nSPS) is 11.4. The first-order chi connectivity index (χ1) is 9.63. The van der Waals surface area contributed by atoms with E-state index in [0.717, 1.165) is 16.5 Å². The monoisotopic (exact) mass is 290 g/mol. The van der Waals surface area contributed by atoms with Crippen molar-refractivity contribution in [3.8, 4) is 5.75 Å². The maximum absolute atomic E-state index is 11.2. The van der Waals surface area contributed by atoms with Crippen molar-refractivity contribution in [3.05, 3.63) is 53.1 Å². The van der Waals surface area contributed by atoms with Gasteiger partial charge in [-0.15, -0.1) is 0 Å². The molecule has 2 rings (SSSR count). The Morgan fingerprint density at radius 1 is 1.20 bits per heavy atom.